The molecular weight excluding hydrogens is 187 g/mol. The Hall–Kier alpha value is 0.576. The first-order valence-electron chi connectivity index (χ1n) is 3.48. The van der Waals surface area contributed by atoms with E-state index in [4.69, 9.17) is 10.2 Å². The summed E-state index contributed by atoms with van der Waals surface area (Å²) in [6.45, 7) is 1.57. The van der Waals surface area contributed by atoms with Gasteiger partial charge in [0.05, 0.1) is 5.92 Å². The molecule has 1 atom stereocenters. The minimum absolute atomic E-state index is 0. The number of aliphatic carboxylic acids is 2. The van der Waals surface area contributed by atoms with Crippen molar-refractivity contribution in [1.82, 2.24) is 0 Å². The quantitative estimate of drug-likeness (QED) is 0.626. The summed E-state index contributed by atoms with van der Waals surface area (Å²) in [5.74, 6) is -2.17. The summed E-state index contributed by atoms with van der Waals surface area (Å²) in [4.78, 5) is 20.2. The third-order valence-corrected chi connectivity index (χ3v) is 1.45. The van der Waals surface area contributed by atoms with Crippen molar-refractivity contribution in [3.63, 3.8) is 0 Å². The first-order chi connectivity index (χ1) is 5.04. The van der Waals surface area contributed by atoms with E-state index < -0.39 is 17.9 Å². The van der Waals surface area contributed by atoms with Crippen LogP contribution in [0.5, 0.6) is 0 Å². The van der Waals surface area contributed by atoms with Gasteiger partial charge in [0.25, 0.3) is 0 Å². The Labute approximate surface area is 114 Å². The molecule has 1 unspecified atom stereocenters. The van der Waals surface area contributed by atoms with Gasteiger partial charge in [-0.25, -0.2) is 0 Å². The summed E-state index contributed by atoms with van der Waals surface area (Å²) in [6, 6.07) is 0. The molecule has 0 rings (SSSR count). The van der Waals surface area contributed by atoms with E-state index in [1.165, 1.54) is 0 Å². The molecular formula is C7H13KO4. The molecule has 0 saturated heterocycles. The summed E-state index contributed by atoms with van der Waals surface area (Å²) in [5, 5.41) is 16.6. The van der Waals surface area contributed by atoms with Crippen LogP contribution in [0.15, 0.2) is 0 Å². The monoisotopic (exact) mass is 200 g/mol. The van der Waals surface area contributed by atoms with Crippen LogP contribution in [-0.2, 0) is 9.59 Å². The van der Waals surface area contributed by atoms with E-state index in [1.807, 2.05) is 0 Å². The van der Waals surface area contributed by atoms with Gasteiger partial charge in [0.1, 0.15) is 0 Å². The van der Waals surface area contributed by atoms with Gasteiger partial charge in [0.15, 0.2) is 0 Å². The summed E-state index contributed by atoms with van der Waals surface area (Å²) < 4.78 is 0. The van der Waals surface area contributed by atoms with E-state index in [2.05, 4.69) is 0 Å². The van der Waals surface area contributed by atoms with Crippen molar-refractivity contribution in [2.45, 2.75) is 26.2 Å². The van der Waals surface area contributed by atoms with Crippen LogP contribution >= 0.6 is 0 Å². The second-order valence-corrected chi connectivity index (χ2v) is 2.53. The molecule has 0 fully saturated rings. The zero-order valence-corrected chi connectivity index (χ0v) is 6.41. The Morgan fingerprint density at radius 3 is 2.17 bits per heavy atom. The Balaban J connectivity index is 0. The van der Waals surface area contributed by atoms with Gasteiger partial charge in [-0.2, -0.15) is 0 Å². The molecule has 12 heavy (non-hydrogen) atoms. The fourth-order valence-electron chi connectivity index (χ4n) is 0.683. The van der Waals surface area contributed by atoms with E-state index in [0.29, 0.717) is 12.8 Å². The zero-order valence-electron chi connectivity index (χ0n) is 6.41. The minimum atomic E-state index is -0.873. The van der Waals surface area contributed by atoms with Crippen LogP contribution < -0.4 is 0 Å². The van der Waals surface area contributed by atoms with Crippen LogP contribution in [0.1, 0.15) is 26.2 Å². The Morgan fingerprint density at radius 2 is 1.83 bits per heavy atom. The number of carbonyl (C=O) groups is 2. The van der Waals surface area contributed by atoms with Gasteiger partial charge in [0, 0.05) is 6.42 Å². The second-order valence-electron chi connectivity index (χ2n) is 2.53. The third-order valence-electron chi connectivity index (χ3n) is 1.45. The molecule has 0 bridgehead atoms. The molecule has 0 aliphatic rings. The molecule has 66 valence electrons. The van der Waals surface area contributed by atoms with Crippen molar-refractivity contribution >= 4 is 63.3 Å². The first kappa shape index (κ1) is 15.1. The van der Waals surface area contributed by atoms with E-state index in [1.54, 1.807) is 6.92 Å². The standard InChI is InChI=1S/C7H12O4.K.H/c1-5(7(10)11)3-2-4-6(8)9;;/h5H,2-4H2,1H3,(H,8,9)(H,10,11);;. The SMILES string of the molecule is CC(CCCC(=O)O)C(=O)O.[KH]. The molecule has 0 aliphatic carbocycles. The van der Waals surface area contributed by atoms with Crippen molar-refractivity contribution in [3.8, 4) is 0 Å². The molecule has 5 heteroatoms. The predicted octanol–water partition coefficient (Wildman–Crippen LogP) is 0.313. The van der Waals surface area contributed by atoms with Crippen molar-refractivity contribution in [2.24, 2.45) is 5.92 Å². The van der Waals surface area contributed by atoms with Crippen molar-refractivity contribution < 1.29 is 19.8 Å². The molecule has 0 aromatic carbocycles. The van der Waals surface area contributed by atoms with Gasteiger partial charge in [-0.3, -0.25) is 9.59 Å². The van der Waals surface area contributed by atoms with Crippen LogP contribution in [0.4, 0.5) is 0 Å². The van der Waals surface area contributed by atoms with Gasteiger partial charge in [-0.05, 0) is 12.8 Å². The average Bonchev–Trinajstić information content (AvgIpc) is 1.86. The normalized spacial score (nSPS) is 11.4. The van der Waals surface area contributed by atoms with Crippen molar-refractivity contribution in [3.05, 3.63) is 0 Å². The van der Waals surface area contributed by atoms with Crippen LogP contribution in [0.2, 0.25) is 0 Å². The molecule has 0 aromatic rings. The number of hydrogen-bond donors (Lipinski definition) is 2. The van der Waals surface area contributed by atoms with Crippen LogP contribution in [-0.4, -0.2) is 73.5 Å². The van der Waals surface area contributed by atoms with E-state index in [0.717, 1.165) is 0 Å². The van der Waals surface area contributed by atoms with E-state index in [9.17, 15) is 9.59 Å². The van der Waals surface area contributed by atoms with E-state index >= 15 is 0 Å². The summed E-state index contributed by atoms with van der Waals surface area (Å²) >= 11 is 0. The predicted molar refractivity (Wildman–Crippen MR) is 45.4 cm³/mol. The maximum atomic E-state index is 10.2. The average molecular weight is 200 g/mol. The fourth-order valence-corrected chi connectivity index (χ4v) is 0.683. The maximum absolute atomic E-state index is 10.2. The summed E-state index contributed by atoms with van der Waals surface area (Å²) in [6.07, 6.45) is 0.919. The van der Waals surface area contributed by atoms with Gasteiger partial charge >= 0.3 is 63.3 Å². The van der Waals surface area contributed by atoms with Crippen LogP contribution in [0.25, 0.3) is 0 Å². The van der Waals surface area contributed by atoms with Crippen LogP contribution in [0, 0.1) is 5.92 Å². The van der Waals surface area contributed by atoms with Gasteiger partial charge in [-0.1, -0.05) is 6.92 Å². The molecule has 4 nitrogen and oxygen atoms in total. The number of rotatable bonds is 5. The molecule has 0 amide bonds. The fraction of sp³-hybridized carbons (Fsp3) is 0.714. The van der Waals surface area contributed by atoms with Crippen LogP contribution in [0.3, 0.4) is 0 Å². The molecule has 2 N–H and O–H groups in total. The van der Waals surface area contributed by atoms with Crippen molar-refractivity contribution in [2.75, 3.05) is 0 Å². The summed E-state index contributed by atoms with van der Waals surface area (Å²) in [7, 11) is 0. The van der Waals surface area contributed by atoms with E-state index in [-0.39, 0.29) is 57.8 Å². The molecule has 0 saturated carbocycles. The second kappa shape index (κ2) is 8.19. The Kier molecular flexibility index (Phi) is 10.3. The topological polar surface area (TPSA) is 74.6 Å². The van der Waals surface area contributed by atoms with Gasteiger partial charge < -0.3 is 10.2 Å². The number of hydrogen-bond acceptors (Lipinski definition) is 2. The molecule has 0 aliphatic heterocycles. The molecule has 0 spiro atoms. The third kappa shape index (κ3) is 8.67. The van der Waals surface area contributed by atoms with Crippen molar-refractivity contribution in [1.29, 1.82) is 0 Å². The first-order valence-corrected chi connectivity index (χ1v) is 3.48. The number of carboxylic acids is 2. The number of carboxylic acid groups (broad SMARTS) is 2. The molecule has 0 heterocycles. The molecule has 0 radical (unpaired) electrons. The molecule has 0 aromatic heterocycles. The zero-order chi connectivity index (χ0) is 8.85. The van der Waals surface area contributed by atoms with Gasteiger partial charge in [0.2, 0.25) is 0 Å². The summed E-state index contributed by atoms with van der Waals surface area (Å²) in [5.41, 5.74) is 0. The Morgan fingerprint density at radius 1 is 1.33 bits per heavy atom. The Bertz CT molecular complexity index is 157. The van der Waals surface area contributed by atoms with Gasteiger partial charge in [-0.15, -0.1) is 0 Å².